The summed E-state index contributed by atoms with van der Waals surface area (Å²) >= 11 is 0. The van der Waals surface area contributed by atoms with Crippen molar-refractivity contribution < 1.29 is 5.11 Å². The predicted molar refractivity (Wildman–Crippen MR) is 190 cm³/mol. The van der Waals surface area contributed by atoms with Crippen molar-refractivity contribution in [1.29, 1.82) is 0 Å². The highest BCUT2D eigenvalue weighted by Gasteiger charge is 2.29. The summed E-state index contributed by atoms with van der Waals surface area (Å²) in [6.07, 6.45) is 1.96. The van der Waals surface area contributed by atoms with Gasteiger partial charge in [-0.25, -0.2) is 4.98 Å². The molecule has 0 aliphatic carbocycles. The zero-order chi connectivity index (χ0) is 30.5. The van der Waals surface area contributed by atoms with Crippen LogP contribution in [-0.4, -0.2) is 27.7 Å². The molecule has 4 nitrogen and oxygen atoms in total. The second kappa shape index (κ2) is 10.6. The molecule has 0 aliphatic heterocycles. The number of benzene rings is 5. The Labute approximate surface area is 262 Å². The lowest BCUT2D eigenvalue weighted by molar-refractivity contribution is 0.473. The number of pyridine rings is 2. The minimum atomic E-state index is -2.18. The van der Waals surface area contributed by atoms with Crippen molar-refractivity contribution in [1.82, 2.24) is 14.5 Å². The van der Waals surface area contributed by atoms with Gasteiger partial charge in [-0.2, -0.15) is 0 Å². The van der Waals surface area contributed by atoms with E-state index < -0.39 is 8.07 Å². The van der Waals surface area contributed by atoms with Gasteiger partial charge in [0.2, 0.25) is 0 Å². The summed E-state index contributed by atoms with van der Waals surface area (Å²) in [5, 5.41) is 17.9. The number of hydrogen-bond acceptors (Lipinski definition) is 3. The Kier molecular flexibility index (Phi) is 6.36. The Morgan fingerprint density at radius 2 is 1.38 bits per heavy atom. The summed E-state index contributed by atoms with van der Waals surface area (Å²) in [6.45, 7) is 4.74. The maximum atomic E-state index is 10.8. The first-order valence-corrected chi connectivity index (χ1v) is 18.2. The smallest absolute Gasteiger partial charge is 0.146 e. The molecular weight excluding hydrogens is 567 g/mol. The van der Waals surface area contributed by atoms with Crippen LogP contribution in [0.2, 0.25) is 13.1 Å². The minimum Gasteiger partial charge on any atom is -0.506 e. The molecule has 216 valence electrons. The quantitative estimate of drug-likeness (QED) is 0.202. The normalized spacial score (nSPS) is 11.9. The number of nitrogens with zero attached hydrogens (tertiary/aromatic N) is 3. The first kappa shape index (κ1) is 27.1. The van der Waals surface area contributed by atoms with Crippen LogP contribution in [0.1, 0.15) is 0 Å². The van der Waals surface area contributed by atoms with E-state index in [1.54, 1.807) is 6.07 Å². The van der Waals surface area contributed by atoms with E-state index in [1.807, 2.05) is 36.5 Å². The van der Waals surface area contributed by atoms with E-state index in [9.17, 15) is 5.11 Å². The van der Waals surface area contributed by atoms with Gasteiger partial charge in [0, 0.05) is 27.8 Å². The summed E-state index contributed by atoms with van der Waals surface area (Å²) in [5.41, 5.74) is 6.93. The molecule has 0 saturated heterocycles. The summed E-state index contributed by atoms with van der Waals surface area (Å²) < 4.78 is 2.06. The summed E-state index contributed by atoms with van der Waals surface area (Å²) in [7, 11) is -2.18. The Bertz CT molecular complexity index is 2390. The van der Waals surface area contributed by atoms with Crippen molar-refractivity contribution in [2.24, 2.45) is 0 Å². The van der Waals surface area contributed by atoms with Crippen molar-refractivity contribution in [2.75, 3.05) is 0 Å². The van der Waals surface area contributed by atoms with E-state index in [2.05, 4.69) is 121 Å². The fraction of sp³-hybridized carbons (Fsp3) is 0.0500. The van der Waals surface area contributed by atoms with E-state index in [1.165, 1.54) is 27.1 Å². The van der Waals surface area contributed by atoms with E-state index in [0.717, 1.165) is 38.5 Å². The van der Waals surface area contributed by atoms with Crippen LogP contribution in [-0.2, 0) is 0 Å². The van der Waals surface area contributed by atoms with Crippen LogP contribution in [0.4, 0.5) is 0 Å². The molecule has 0 unspecified atom stereocenters. The van der Waals surface area contributed by atoms with Gasteiger partial charge in [-0.3, -0.25) is 9.55 Å². The maximum absolute atomic E-state index is 10.8. The van der Waals surface area contributed by atoms with Crippen molar-refractivity contribution >= 4 is 51.3 Å². The highest BCUT2D eigenvalue weighted by atomic mass is 28.3. The van der Waals surface area contributed by atoms with Crippen LogP contribution in [0.5, 0.6) is 5.75 Å². The summed E-state index contributed by atoms with van der Waals surface area (Å²) in [5.74, 6) is 0.223. The van der Waals surface area contributed by atoms with Crippen molar-refractivity contribution in [3.8, 4) is 33.8 Å². The fourth-order valence-corrected chi connectivity index (χ4v) is 8.77. The highest BCUT2D eigenvalue weighted by Crippen LogP contribution is 2.35. The molecule has 0 amide bonds. The molecule has 0 atom stereocenters. The third kappa shape index (κ3) is 4.52. The molecule has 1 N–H and O–H groups in total. The number of fused-ring (bicyclic) bond motifs is 4. The van der Waals surface area contributed by atoms with Gasteiger partial charge in [0.1, 0.15) is 19.5 Å². The van der Waals surface area contributed by atoms with Crippen molar-refractivity contribution in [2.45, 2.75) is 13.1 Å². The van der Waals surface area contributed by atoms with E-state index in [-0.39, 0.29) is 5.75 Å². The zero-order valence-corrected chi connectivity index (χ0v) is 26.1. The number of aromatic hydroxyl groups is 1. The molecule has 3 aromatic heterocycles. The molecule has 5 aromatic carbocycles. The van der Waals surface area contributed by atoms with Gasteiger partial charge in [0.05, 0.1) is 16.9 Å². The second-order valence-corrected chi connectivity index (χ2v) is 16.4. The lowest BCUT2D eigenvalue weighted by Gasteiger charge is -2.24. The lowest BCUT2D eigenvalue weighted by atomic mass is 9.99. The van der Waals surface area contributed by atoms with Gasteiger partial charge in [-0.05, 0) is 64.4 Å². The molecular formula is C40H31N3OSi. The second-order valence-electron chi connectivity index (χ2n) is 12.1. The highest BCUT2D eigenvalue weighted by molar-refractivity contribution is 7.00. The largest absolute Gasteiger partial charge is 0.506 e. The van der Waals surface area contributed by atoms with Crippen LogP contribution in [0.15, 0.2) is 146 Å². The number of aromatic nitrogens is 3. The molecule has 0 spiro atoms. The average molecular weight is 598 g/mol. The minimum absolute atomic E-state index is 0.223. The Balaban J connectivity index is 1.23. The molecule has 0 bridgehead atoms. The first-order valence-electron chi connectivity index (χ1n) is 15.2. The molecule has 0 radical (unpaired) electrons. The van der Waals surface area contributed by atoms with Gasteiger partial charge in [-0.15, -0.1) is 0 Å². The third-order valence-corrected chi connectivity index (χ3v) is 12.3. The van der Waals surface area contributed by atoms with Gasteiger partial charge < -0.3 is 5.11 Å². The average Bonchev–Trinajstić information content (AvgIpc) is 3.42. The van der Waals surface area contributed by atoms with Gasteiger partial charge in [0.25, 0.3) is 0 Å². The van der Waals surface area contributed by atoms with Crippen LogP contribution in [0.3, 0.4) is 0 Å². The van der Waals surface area contributed by atoms with Gasteiger partial charge in [-0.1, -0.05) is 115 Å². The first-order chi connectivity index (χ1) is 22.0. The fourth-order valence-electron chi connectivity index (χ4n) is 6.53. The lowest BCUT2D eigenvalue weighted by Crippen LogP contribution is -2.54. The Morgan fingerprint density at radius 3 is 2.27 bits per heavy atom. The van der Waals surface area contributed by atoms with E-state index in [4.69, 9.17) is 9.97 Å². The van der Waals surface area contributed by atoms with Crippen LogP contribution >= 0.6 is 0 Å². The monoisotopic (exact) mass is 597 g/mol. The molecule has 3 heterocycles. The van der Waals surface area contributed by atoms with Crippen LogP contribution in [0, 0.1) is 0 Å². The standard InChI is InChI=1S/C40H31N3OSi/c1-45(2,39-26-28(23-24-41-39)32-17-10-12-27-11-3-4-15-31(27)32)30-14-9-13-29(25-30)35-22-21-34-33-16-5-6-18-36(33)43(40(34)42-35)37-19-7-8-20-38(37)44/h3-26,44H,1-2H3. The zero-order valence-electron chi connectivity index (χ0n) is 25.1. The molecule has 5 heteroatoms. The Hall–Kier alpha value is -5.52. The third-order valence-electron chi connectivity index (χ3n) is 9.03. The maximum Gasteiger partial charge on any atom is 0.146 e. The number of rotatable bonds is 5. The molecule has 45 heavy (non-hydrogen) atoms. The molecule has 8 rings (SSSR count). The predicted octanol–water partition coefficient (Wildman–Crippen LogP) is 8.59. The molecule has 0 saturated carbocycles. The van der Waals surface area contributed by atoms with E-state index >= 15 is 0 Å². The topological polar surface area (TPSA) is 50.9 Å². The summed E-state index contributed by atoms with van der Waals surface area (Å²) in [6, 6.07) is 48.2. The number of hydrogen-bond donors (Lipinski definition) is 1. The number of phenolic OH excluding ortho intramolecular Hbond substituents is 1. The summed E-state index contributed by atoms with van der Waals surface area (Å²) in [4.78, 5) is 10.2. The number of para-hydroxylation sites is 3. The SMILES string of the molecule is C[Si](C)(c1cccc(-c2ccc3c4ccccc4n(-c4ccccc4O)c3n2)c1)c1cc(-c2cccc3ccccc23)ccn1. The van der Waals surface area contributed by atoms with Crippen LogP contribution in [0.25, 0.3) is 60.8 Å². The molecule has 8 aromatic rings. The molecule has 0 fully saturated rings. The van der Waals surface area contributed by atoms with Crippen molar-refractivity contribution in [3.05, 3.63) is 146 Å². The Morgan fingerprint density at radius 1 is 0.622 bits per heavy atom. The van der Waals surface area contributed by atoms with Crippen molar-refractivity contribution in [3.63, 3.8) is 0 Å². The van der Waals surface area contributed by atoms with Gasteiger partial charge >= 0.3 is 0 Å². The van der Waals surface area contributed by atoms with Crippen LogP contribution < -0.4 is 10.5 Å². The number of phenols is 1. The van der Waals surface area contributed by atoms with Gasteiger partial charge in [0.15, 0.2) is 0 Å². The molecule has 0 aliphatic rings. The van der Waals surface area contributed by atoms with E-state index in [0.29, 0.717) is 5.69 Å².